The quantitative estimate of drug-likeness (QED) is 0.148. The number of hydrogen-bond donors (Lipinski definition) is 0. The zero-order valence-corrected chi connectivity index (χ0v) is 17.5. The number of nitrogens with zero attached hydrogens (tertiary/aromatic N) is 2. The summed E-state index contributed by atoms with van der Waals surface area (Å²) in [5, 5.41) is 21.0. The van der Waals surface area contributed by atoms with Crippen molar-refractivity contribution in [3.05, 3.63) is 66.7 Å². The zero-order valence-electron chi connectivity index (χ0n) is 16.0. The molecule has 170 valence electrons. The van der Waals surface area contributed by atoms with Gasteiger partial charge in [-0.1, -0.05) is 23.2 Å². The minimum absolute atomic E-state index is 0.0595. The van der Waals surface area contributed by atoms with E-state index < -0.39 is 22.2 Å². The Morgan fingerprint density at radius 3 is 1.44 bits per heavy atom. The van der Waals surface area contributed by atoms with Gasteiger partial charge in [-0.05, 0) is 25.0 Å². The van der Waals surface area contributed by atoms with Gasteiger partial charge in [0.05, 0.1) is 33.1 Å². The van der Waals surface area contributed by atoms with Crippen LogP contribution in [-0.2, 0) is 9.47 Å². The number of unbranched alkanes of at least 4 members (excludes halogenated alkanes) is 1. The lowest BCUT2D eigenvalue weighted by Gasteiger charge is -2.08. The van der Waals surface area contributed by atoms with Gasteiger partial charge in [0.2, 0.25) is 0 Å². The largest absolute Gasteiger partial charge is 0.513 e. The Kier molecular flexibility index (Phi) is 8.98. The van der Waals surface area contributed by atoms with Crippen LogP contribution in [0.25, 0.3) is 0 Å². The van der Waals surface area contributed by atoms with E-state index in [2.05, 4.69) is 0 Å². The maximum absolute atomic E-state index is 11.6. The third kappa shape index (κ3) is 7.56. The van der Waals surface area contributed by atoms with Gasteiger partial charge in [0.25, 0.3) is 11.4 Å². The van der Waals surface area contributed by atoms with Gasteiger partial charge in [-0.2, -0.15) is 0 Å². The van der Waals surface area contributed by atoms with Crippen LogP contribution in [0.2, 0.25) is 10.0 Å². The molecule has 2 aromatic carbocycles. The predicted octanol–water partition coefficient (Wildman–Crippen LogP) is 5.32. The maximum Gasteiger partial charge on any atom is 0.513 e. The van der Waals surface area contributed by atoms with E-state index in [-0.39, 0.29) is 46.1 Å². The second-order valence-electron chi connectivity index (χ2n) is 5.85. The first-order valence-corrected chi connectivity index (χ1v) is 9.50. The summed E-state index contributed by atoms with van der Waals surface area (Å²) >= 11 is 11.6. The van der Waals surface area contributed by atoms with Crippen molar-refractivity contribution >= 4 is 46.9 Å². The van der Waals surface area contributed by atoms with Gasteiger partial charge >= 0.3 is 12.3 Å². The van der Waals surface area contributed by atoms with Crippen molar-refractivity contribution < 1.29 is 38.4 Å². The summed E-state index contributed by atoms with van der Waals surface area (Å²) in [6, 6.07) is 6.63. The first kappa shape index (κ1) is 24.6. The van der Waals surface area contributed by atoms with Crippen LogP contribution in [0, 0.1) is 20.2 Å². The van der Waals surface area contributed by atoms with Crippen LogP contribution < -0.4 is 9.47 Å². The van der Waals surface area contributed by atoms with Crippen molar-refractivity contribution in [3.63, 3.8) is 0 Å². The summed E-state index contributed by atoms with van der Waals surface area (Å²) in [7, 11) is 0. The molecule has 0 saturated carbocycles. The number of rotatable bonds is 9. The molecule has 2 rings (SSSR count). The number of benzene rings is 2. The van der Waals surface area contributed by atoms with Crippen molar-refractivity contribution in [3.8, 4) is 11.5 Å². The lowest BCUT2D eigenvalue weighted by atomic mass is 10.3. The monoisotopic (exact) mass is 488 g/mol. The summed E-state index contributed by atoms with van der Waals surface area (Å²) in [5.74, 6) is -0.198. The first-order chi connectivity index (χ1) is 15.2. The number of nitro benzene ring substituents is 2. The van der Waals surface area contributed by atoms with Crippen molar-refractivity contribution in [1.82, 2.24) is 0 Å². The minimum atomic E-state index is -1.06. The van der Waals surface area contributed by atoms with Crippen LogP contribution in [0.1, 0.15) is 12.8 Å². The molecule has 0 N–H and O–H groups in total. The zero-order chi connectivity index (χ0) is 23.7. The summed E-state index contributed by atoms with van der Waals surface area (Å²) in [5.41, 5.74) is -0.518. The van der Waals surface area contributed by atoms with Crippen LogP contribution >= 0.6 is 23.2 Å². The molecule has 0 spiro atoms. The van der Waals surface area contributed by atoms with E-state index in [0.29, 0.717) is 12.8 Å². The van der Waals surface area contributed by atoms with Crippen molar-refractivity contribution in [2.24, 2.45) is 0 Å². The Labute approximate surface area is 189 Å². The molecule has 0 atom stereocenters. The molecule has 0 aromatic heterocycles. The number of hydrogen-bond acceptors (Lipinski definition) is 10. The Morgan fingerprint density at radius 1 is 0.750 bits per heavy atom. The maximum atomic E-state index is 11.6. The van der Waals surface area contributed by atoms with E-state index in [1.165, 1.54) is 12.1 Å². The molecule has 0 aliphatic carbocycles. The second-order valence-corrected chi connectivity index (χ2v) is 6.67. The van der Waals surface area contributed by atoms with Crippen molar-refractivity contribution in [2.75, 3.05) is 13.2 Å². The average Bonchev–Trinajstić information content (AvgIpc) is 2.73. The van der Waals surface area contributed by atoms with Gasteiger partial charge in [-0.15, -0.1) is 0 Å². The number of carbonyl (C=O) groups excluding carboxylic acids is 2. The summed E-state index contributed by atoms with van der Waals surface area (Å²) < 4.78 is 19.4. The molecule has 32 heavy (non-hydrogen) atoms. The number of ether oxygens (including phenoxy) is 4. The van der Waals surface area contributed by atoms with Crippen LogP contribution in [0.3, 0.4) is 0 Å². The SMILES string of the molecule is O=C(OCCCCOC(=O)Oc1ccc([N+](=O)[O-])cc1Cl)Oc1ccc([N+](=O)[O-])cc1Cl. The second kappa shape index (κ2) is 11.7. The summed E-state index contributed by atoms with van der Waals surface area (Å²) in [6.07, 6.45) is -1.49. The molecule has 0 bridgehead atoms. The first-order valence-electron chi connectivity index (χ1n) is 8.74. The van der Waals surface area contributed by atoms with Gasteiger partial charge in [0, 0.05) is 24.3 Å². The molecule has 0 heterocycles. The number of non-ortho nitro benzene ring substituents is 2. The van der Waals surface area contributed by atoms with Crippen LogP contribution in [0.15, 0.2) is 36.4 Å². The standard InChI is InChI=1S/C18H14Cl2N2O10/c19-13-9-11(21(25)26)3-5-15(13)31-17(23)29-7-1-2-8-30-18(24)32-16-6-4-12(22(27)28)10-14(16)20/h3-6,9-10H,1-2,7-8H2. The van der Waals surface area contributed by atoms with Gasteiger partial charge in [-0.25, -0.2) is 9.59 Å². The highest BCUT2D eigenvalue weighted by molar-refractivity contribution is 6.32. The average molecular weight is 489 g/mol. The molecule has 0 radical (unpaired) electrons. The molecule has 0 saturated heterocycles. The smallest absolute Gasteiger partial charge is 0.434 e. The molecule has 12 nitrogen and oxygen atoms in total. The number of nitro groups is 2. The van der Waals surface area contributed by atoms with E-state index in [4.69, 9.17) is 42.1 Å². The molecular formula is C18H14Cl2N2O10. The van der Waals surface area contributed by atoms with E-state index in [9.17, 15) is 29.8 Å². The fourth-order valence-corrected chi connectivity index (χ4v) is 2.55. The van der Waals surface area contributed by atoms with Crippen LogP contribution in [0.4, 0.5) is 21.0 Å². The summed E-state index contributed by atoms with van der Waals surface area (Å²) in [6.45, 7) is -0.119. The molecule has 0 fully saturated rings. The third-order valence-corrected chi connectivity index (χ3v) is 4.21. The van der Waals surface area contributed by atoms with Gasteiger partial charge in [0.15, 0.2) is 11.5 Å². The Balaban J connectivity index is 1.64. The highest BCUT2D eigenvalue weighted by Gasteiger charge is 2.15. The Bertz CT molecular complexity index is 949. The fourth-order valence-electron chi connectivity index (χ4n) is 2.13. The Morgan fingerprint density at radius 2 is 1.12 bits per heavy atom. The lowest BCUT2D eigenvalue weighted by molar-refractivity contribution is -0.385. The highest BCUT2D eigenvalue weighted by atomic mass is 35.5. The molecule has 0 aliphatic heterocycles. The van der Waals surface area contributed by atoms with Gasteiger partial charge in [0.1, 0.15) is 0 Å². The molecule has 0 amide bonds. The molecule has 14 heteroatoms. The van der Waals surface area contributed by atoms with Crippen molar-refractivity contribution in [2.45, 2.75) is 12.8 Å². The van der Waals surface area contributed by atoms with E-state index in [0.717, 1.165) is 24.3 Å². The lowest BCUT2D eigenvalue weighted by Crippen LogP contribution is -2.14. The van der Waals surface area contributed by atoms with E-state index in [1.54, 1.807) is 0 Å². The predicted molar refractivity (Wildman–Crippen MR) is 109 cm³/mol. The van der Waals surface area contributed by atoms with E-state index in [1.807, 2.05) is 0 Å². The molecule has 0 aliphatic rings. The number of halogens is 2. The third-order valence-electron chi connectivity index (χ3n) is 3.62. The van der Waals surface area contributed by atoms with E-state index >= 15 is 0 Å². The number of carbonyl (C=O) groups is 2. The summed E-state index contributed by atoms with van der Waals surface area (Å²) in [4.78, 5) is 43.3. The normalized spacial score (nSPS) is 10.2. The molecule has 0 unspecified atom stereocenters. The topological polar surface area (TPSA) is 157 Å². The minimum Gasteiger partial charge on any atom is -0.434 e. The highest BCUT2D eigenvalue weighted by Crippen LogP contribution is 2.30. The Hall–Kier alpha value is -3.64. The fraction of sp³-hybridized carbons (Fsp3) is 0.222. The van der Waals surface area contributed by atoms with Crippen LogP contribution in [0.5, 0.6) is 11.5 Å². The van der Waals surface area contributed by atoms with Crippen molar-refractivity contribution in [1.29, 1.82) is 0 Å². The molecule has 2 aromatic rings. The van der Waals surface area contributed by atoms with Crippen LogP contribution in [-0.4, -0.2) is 35.4 Å². The van der Waals surface area contributed by atoms with Gasteiger partial charge < -0.3 is 18.9 Å². The molecular weight excluding hydrogens is 475 g/mol. The van der Waals surface area contributed by atoms with Gasteiger partial charge in [-0.3, -0.25) is 20.2 Å².